The van der Waals surface area contributed by atoms with Crippen molar-refractivity contribution >= 4 is 95.3 Å². The number of hydrogen-bond acceptors (Lipinski definition) is 3. The number of aromatic nitrogens is 1. The van der Waals surface area contributed by atoms with Crippen molar-refractivity contribution in [3.8, 4) is 27.9 Å². The second kappa shape index (κ2) is 10.8. The molecule has 245 valence electrons. The lowest BCUT2D eigenvalue weighted by Crippen LogP contribution is -2.37. The molecule has 0 saturated heterocycles. The molecule has 4 heterocycles. The number of anilines is 2. The lowest BCUT2D eigenvalue weighted by atomic mass is 9.58. The Morgan fingerprint density at radius 2 is 1.19 bits per heavy atom. The van der Waals surface area contributed by atoms with Gasteiger partial charge in [-0.15, -0.1) is 0 Å². The van der Waals surface area contributed by atoms with E-state index in [2.05, 4.69) is 169 Å². The van der Waals surface area contributed by atoms with Crippen LogP contribution in [0.3, 0.4) is 0 Å². The first kappa shape index (κ1) is 28.7. The van der Waals surface area contributed by atoms with Gasteiger partial charge in [0, 0.05) is 49.9 Å². The molecule has 5 heteroatoms. The molecule has 3 aromatic heterocycles. The molecule has 1 radical (unpaired) electrons. The molecule has 1 aliphatic heterocycles. The van der Waals surface area contributed by atoms with Gasteiger partial charge in [-0.3, -0.25) is 4.57 Å². The average Bonchev–Trinajstić information content (AvgIpc) is 3.88. The summed E-state index contributed by atoms with van der Waals surface area (Å²) in [5.41, 5.74) is 14.6. The number of benzene rings is 8. The maximum absolute atomic E-state index is 6.73. The summed E-state index contributed by atoms with van der Waals surface area (Å²) in [6, 6.07) is 57.9. The molecule has 53 heavy (non-hydrogen) atoms. The number of fused-ring (bicyclic) bond motifs is 11. The topological polar surface area (TPSA) is 43.2 Å². The molecule has 8 aromatic carbocycles. The van der Waals surface area contributed by atoms with Crippen LogP contribution in [0.25, 0.3) is 93.6 Å². The molecular formula is C48H28BN2O2. The summed E-state index contributed by atoms with van der Waals surface area (Å²) in [7, 11) is 2.36. The number of furan rings is 2. The van der Waals surface area contributed by atoms with Gasteiger partial charge < -0.3 is 14.2 Å². The van der Waals surface area contributed by atoms with Crippen molar-refractivity contribution in [3.05, 3.63) is 164 Å². The van der Waals surface area contributed by atoms with E-state index in [0.717, 1.165) is 94.0 Å². The average molecular weight is 676 g/mol. The lowest BCUT2D eigenvalue weighted by Gasteiger charge is -2.25. The molecule has 12 rings (SSSR count). The molecular weight excluding hydrogens is 647 g/mol. The van der Waals surface area contributed by atoms with Gasteiger partial charge in [0.15, 0.2) is 7.28 Å². The van der Waals surface area contributed by atoms with E-state index >= 15 is 0 Å². The molecule has 0 aliphatic carbocycles. The molecule has 1 aliphatic rings. The number of rotatable bonds is 4. The van der Waals surface area contributed by atoms with E-state index in [1.807, 2.05) is 12.1 Å². The molecule has 0 spiro atoms. The third-order valence-electron chi connectivity index (χ3n) is 11.0. The van der Waals surface area contributed by atoms with Crippen molar-refractivity contribution < 1.29 is 8.83 Å². The zero-order chi connectivity index (χ0) is 34.6. The second-order valence-electron chi connectivity index (χ2n) is 13.9. The molecule has 0 fully saturated rings. The van der Waals surface area contributed by atoms with E-state index in [0.29, 0.717) is 0 Å². The highest BCUT2D eigenvalue weighted by Gasteiger charge is 2.31. The first-order chi connectivity index (χ1) is 26.3. The van der Waals surface area contributed by atoms with Gasteiger partial charge in [0.2, 0.25) is 5.71 Å². The van der Waals surface area contributed by atoms with Crippen LogP contribution in [0.4, 0.5) is 11.4 Å². The highest BCUT2D eigenvalue weighted by molar-refractivity contribution is 6.74. The van der Waals surface area contributed by atoms with Gasteiger partial charge in [0.1, 0.15) is 16.7 Å². The first-order valence-corrected chi connectivity index (χ1v) is 18.0. The lowest BCUT2D eigenvalue weighted by molar-refractivity contribution is 0.645. The van der Waals surface area contributed by atoms with Gasteiger partial charge in [0.25, 0.3) is 0 Å². The van der Waals surface area contributed by atoms with Crippen molar-refractivity contribution in [2.24, 2.45) is 0 Å². The van der Waals surface area contributed by atoms with Crippen LogP contribution < -0.4 is 16.2 Å². The number of nitrogens with zero attached hydrogens (tertiary/aromatic N) is 1. The summed E-state index contributed by atoms with van der Waals surface area (Å²) in [5, 5.41) is 11.9. The first-order valence-electron chi connectivity index (χ1n) is 18.0. The minimum absolute atomic E-state index is 0.838. The SMILES string of the molecule is [B]1c2c(cc3oc4ccccc4c3c2-c2ccc3ccccc3c2Nc2ccc(-c3ccccc3)cc2)-n2c3oc4ccccc4c3c3cccc1c32. The predicted octanol–water partition coefficient (Wildman–Crippen LogP) is 11.6. The summed E-state index contributed by atoms with van der Waals surface area (Å²) < 4.78 is 15.8. The van der Waals surface area contributed by atoms with Gasteiger partial charge in [-0.05, 0) is 51.8 Å². The standard InChI is InChI=1S/C48H28BN2O2/c1-2-11-28(12-3-1)29-21-24-31(25-22-29)50-46-32-14-5-4-13-30(32)23-26-35(46)44-43-34-16-7-8-19-39(34)52-41(43)27-38-45(44)49-37-18-10-17-36-42-33-15-6-9-20-40(33)53-48(42)51(38)47(36)37/h1-27,50H. The van der Waals surface area contributed by atoms with Crippen molar-refractivity contribution in [3.63, 3.8) is 0 Å². The Kier molecular flexibility index (Phi) is 5.83. The minimum Gasteiger partial charge on any atom is -0.456 e. The number of nitrogens with one attached hydrogen (secondary N) is 1. The van der Waals surface area contributed by atoms with E-state index < -0.39 is 0 Å². The van der Waals surface area contributed by atoms with Gasteiger partial charge in [-0.1, -0.05) is 139 Å². The van der Waals surface area contributed by atoms with E-state index in [1.165, 1.54) is 21.9 Å². The Labute approximate surface area is 304 Å². The van der Waals surface area contributed by atoms with Crippen molar-refractivity contribution in [2.75, 3.05) is 5.32 Å². The molecule has 0 atom stereocenters. The maximum atomic E-state index is 6.73. The molecule has 4 nitrogen and oxygen atoms in total. The fourth-order valence-electron chi connectivity index (χ4n) is 8.70. The maximum Gasteiger partial charge on any atom is 0.213 e. The van der Waals surface area contributed by atoms with E-state index in [9.17, 15) is 0 Å². The van der Waals surface area contributed by atoms with Gasteiger partial charge in [0.05, 0.1) is 16.6 Å². The van der Waals surface area contributed by atoms with Crippen LogP contribution >= 0.6 is 0 Å². The van der Waals surface area contributed by atoms with Crippen molar-refractivity contribution in [2.45, 2.75) is 0 Å². The van der Waals surface area contributed by atoms with Crippen LogP contribution in [-0.4, -0.2) is 11.8 Å². The summed E-state index contributed by atoms with van der Waals surface area (Å²) in [5.74, 6) is 0. The van der Waals surface area contributed by atoms with E-state index in [1.54, 1.807) is 0 Å². The Morgan fingerprint density at radius 3 is 2.02 bits per heavy atom. The van der Waals surface area contributed by atoms with Crippen LogP contribution in [0.1, 0.15) is 0 Å². The monoisotopic (exact) mass is 675 g/mol. The summed E-state index contributed by atoms with van der Waals surface area (Å²) in [6.45, 7) is 0. The largest absolute Gasteiger partial charge is 0.456 e. The Hall–Kier alpha value is -6.98. The molecule has 11 aromatic rings. The smallest absolute Gasteiger partial charge is 0.213 e. The minimum atomic E-state index is 0.838. The van der Waals surface area contributed by atoms with Gasteiger partial charge >= 0.3 is 0 Å². The summed E-state index contributed by atoms with van der Waals surface area (Å²) in [6.07, 6.45) is 0. The van der Waals surface area contributed by atoms with Crippen LogP contribution in [-0.2, 0) is 0 Å². The zero-order valence-electron chi connectivity index (χ0n) is 28.4. The van der Waals surface area contributed by atoms with Crippen molar-refractivity contribution in [1.82, 2.24) is 4.57 Å². The molecule has 0 amide bonds. The summed E-state index contributed by atoms with van der Waals surface area (Å²) in [4.78, 5) is 0. The molecule has 1 N–H and O–H groups in total. The third kappa shape index (κ3) is 4.07. The van der Waals surface area contributed by atoms with Gasteiger partial charge in [-0.25, -0.2) is 0 Å². The Bertz CT molecular complexity index is 3280. The third-order valence-corrected chi connectivity index (χ3v) is 11.0. The summed E-state index contributed by atoms with van der Waals surface area (Å²) >= 11 is 0. The highest BCUT2D eigenvalue weighted by Crippen LogP contribution is 2.46. The second-order valence-corrected chi connectivity index (χ2v) is 13.9. The van der Waals surface area contributed by atoms with E-state index in [4.69, 9.17) is 8.83 Å². The zero-order valence-corrected chi connectivity index (χ0v) is 28.4. The Balaban J connectivity index is 1.17. The normalized spacial score (nSPS) is 12.3. The van der Waals surface area contributed by atoms with E-state index in [-0.39, 0.29) is 0 Å². The molecule has 0 unspecified atom stereocenters. The number of hydrogen-bond donors (Lipinski definition) is 1. The highest BCUT2D eigenvalue weighted by atomic mass is 16.3. The fraction of sp³-hybridized carbons (Fsp3) is 0. The Morgan fingerprint density at radius 1 is 0.509 bits per heavy atom. The van der Waals surface area contributed by atoms with Crippen LogP contribution in [0.5, 0.6) is 0 Å². The number of para-hydroxylation sites is 3. The molecule has 0 bridgehead atoms. The quantitative estimate of drug-likeness (QED) is 0.189. The van der Waals surface area contributed by atoms with Crippen LogP contribution in [0.2, 0.25) is 0 Å². The fourth-order valence-corrected chi connectivity index (χ4v) is 8.70. The predicted molar refractivity (Wildman–Crippen MR) is 221 cm³/mol. The van der Waals surface area contributed by atoms with Gasteiger partial charge in [-0.2, -0.15) is 0 Å². The van der Waals surface area contributed by atoms with Crippen molar-refractivity contribution in [1.29, 1.82) is 0 Å². The molecule has 0 saturated carbocycles. The van der Waals surface area contributed by atoms with Crippen LogP contribution in [0, 0.1) is 0 Å². The van der Waals surface area contributed by atoms with Crippen LogP contribution in [0.15, 0.2) is 173 Å².